The van der Waals surface area contributed by atoms with Crippen LogP contribution in [0.3, 0.4) is 0 Å². The molecule has 4 aliphatic heterocycles. The number of pyridine rings is 2. The second-order valence-corrected chi connectivity index (χ2v) is 39.0. The minimum absolute atomic E-state index is 0.0211. The number of hydrogen-bond acceptors (Lipinski definition) is 20. The van der Waals surface area contributed by atoms with Crippen LogP contribution in [-0.4, -0.2) is 167 Å². The van der Waals surface area contributed by atoms with E-state index < -0.39 is 185 Å². The molecule has 2 N–H and O–H groups in total. The van der Waals surface area contributed by atoms with E-state index in [9.17, 15) is 81.5 Å². The van der Waals surface area contributed by atoms with Gasteiger partial charge >= 0.3 is 24.3 Å². The zero-order valence-electron chi connectivity index (χ0n) is 67.7. The van der Waals surface area contributed by atoms with Gasteiger partial charge in [0.1, 0.15) is 23.7 Å². The van der Waals surface area contributed by atoms with Crippen molar-refractivity contribution in [3.63, 3.8) is 0 Å². The fourth-order valence-electron chi connectivity index (χ4n) is 16.6. The van der Waals surface area contributed by atoms with Gasteiger partial charge in [-0.05, 0) is 180 Å². The van der Waals surface area contributed by atoms with Crippen LogP contribution in [0, 0.1) is 58.2 Å². The van der Waals surface area contributed by atoms with Gasteiger partial charge in [-0.3, -0.25) is 47.8 Å². The molecule has 0 spiro atoms. The number of Topliss-reactive ketones (excluding diaryl/α,β-unsaturated/α-hetero) is 2. The van der Waals surface area contributed by atoms with Crippen molar-refractivity contribution in [2.75, 3.05) is 13.1 Å². The standard InChI is InChI=1S/2C42H54F3N3O9S/c2*1-24(2)55-35-22-46-37(31-14-10-9-13-30(31)35)56-28-18-33-34(49)21-41(39(52)47-58(53,54)29-15-16-29)20-27(41)12-8-7-11-25(3)17-26(4)32(38(51)48(33)23-28)19-36(50)57-40(5,6)42(43,44)45/h2*8-10,12-14,22,24-29,32-33H,7,11,15-21,23H2,1-6H3,(H,47,52)/b2*12-8-/t25-,26+,27+,28+,32-,33-,41+;25-,26-,27-,28-,32+,33+,41-/m01/s1. The number of alkyl halides is 6. The van der Waals surface area contributed by atoms with Crippen LogP contribution in [0.2, 0.25) is 0 Å². The lowest BCUT2D eigenvalue weighted by Crippen LogP contribution is -2.48. The molecule has 6 fully saturated rings. The smallest absolute Gasteiger partial charge is 0.427 e. The summed E-state index contributed by atoms with van der Waals surface area (Å²) < 4.78 is 173. The number of esters is 2. The number of hydrogen-bond donors (Lipinski definition) is 2. The third-order valence-corrected chi connectivity index (χ3v) is 27.6. The van der Waals surface area contributed by atoms with Crippen LogP contribution in [0.4, 0.5) is 26.3 Å². The Morgan fingerprint density at radius 3 is 1.20 bits per heavy atom. The SMILES string of the molecule is CC(C)Oc1cnc(O[C@@H]2C[C@H]3C(=O)C[C@]4(C(=O)NS(=O)(=O)C5CC5)C[C@H]4/C=C\CC[C@@H](C)C[C@@H](C)[C@H](CC(=O)OC(C)(C)C(F)(F)F)C(=O)N3C2)c2ccccc12.CC(C)Oc1cnc(O[C@@H]2C[C@H]3C(=O)C[C@]4(C(=O)NS(=O)(=O)C5CC5)C[C@H]4/C=C\CC[C@H](C)C[C@@H](C)[C@H](CC(=O)OC(C)(C)C(F)(F)F)C(=O)N3C2)c2ccccc12. The van der Waals surface area contributed by atoms with E-state index in [-0.39, 0.29) is 87.4 Å². The molecule has 2 aromatic heterocycles. The number of nitrogens with zero attached hydrogens (tertiary/aromatic N) is 4. The number of benzene rings is 2. The van der Waals surface area contributed by atoms with Crippen molar-refractivity contribution in [1.29, 1.82) is 0 Å². The number of allylic oxidation sites excluding steroid dienone is 4. The van der Waals surface area contributed by atoms with E-state index >= 15 is 0 Å². The van der Waals surface area contributed by atoms with E-state index in [4.69, 9.17) is 28.4 Å². The normalized spacial score (nSPS) is 29.2. The number of fused-ring (bicyclic) bond motifs is 6. The molecule has 636 valence electrons. The Hall–Kier alpha value is -8.42. The van der Waals surface area contributed by atoms with Crippen LogP contribution in [-0.2, 0) is 67.9 Å². The van der Waals surface area contributed by atoms with Crippen molar-refractivity contribution < 1.29 is 110 Å². The number of ether oxygens (including phenoxy) is 6. The molecule has 0 bridgehead atoms. The Bertz CT molecular complexity index is 4390. The lowest BCUT2D eigenvalue weighted by Gasteiger charge is -2.33. The Balaban J connectivity index is 0.000000228. The predicted molar refractivity (Wildman–Crippen MR) is 416 cm³/mol. The molecular weight excluding hydrogens is 1560 g/mol. The van der Waals surface area contributed by atoms with Gasteiger partial charge < -0.3 is 38.2 Å². The average Bonchev–Trinajstić information content (AvgIpc) is 1.57. The molecule has 32 heteroatoms. The van der Waals surface area contributed by atoms with Gasteiger partial charge in [0.05, 0.1) is 95.8 Å². The highest BCUT2D eigenvalue weighted by molar-refractivity contribution is 7.91. The summed E-state index contributed by atoms with van der Waals surface area (Å²) in [4.78, 5) is 125. The largest absolute Gasteiger partial charge is 0.489 e. The first-order chi connectivity index (χ1) is 54.2. The highest BCUT2D eigenvalue weighted by Gasteiger charge is 2.64. The fraction of sp³-hybridized carbons (Fsp3) is 0.643. The van der Waals surface area contributed by atoms with Gasteiger partial charge in [0.15, 0.2) is 11.6 Å². The number of rotatable bonds is 20. The maximum absolute atomic E-state index is 14.8. The van der Waals surface area contributed by atoms with E-state index in [1.807, 2.05) is 102 Å². The summed E-state index contributed by atoms with van der Waals surface area (Å²) in [5, 5.41) is 1.38. The first-order valence-corrected chi connectivity index (χ1v) is 43.4. The summed E-state index contributed by atoms with van der Waals surface area (Å²) >= 11 is 0. The van der Waals surface area contributed by atoms with Gasteiger partial charge in [-0.2, -0.15) is 26.3 Å². The summed E-state index contributed by atoms with van der Waals surface area (Å²) in [7, 11) is -7.86. The van der Waals surface area contributed by atoms with Crippen LogP contribution in [0.25, 0.3) is 21.5 Å². The van der Waals surface area contributed by atoms with Crippen molar-refractivity contribution in [1.82, 2.24) is 29.2 Å². The first kappa shape index (κ1) is 88.4. The maximum atomic E-state index is 14.8. The summed E-state index contributed by atoms with van der Waals surface area (Å²) in [6.45, 7) is 17.7. The van der Waals surface area contributed by atoms with E-state index in [2.05, 4.69) is 19.4 Å². The molecule has 0 unspecified atom stereocenters. The number of nitrogens with one attached hydrogen (secondary N) is 2. The molecule has 2 aromatic carbocycles. The number of halogens is 6. The maximum Gasteiger partial charge on any atom is 0.427 e. The van der Waals surface area contributed by atoms with Crippen molar-refractivity contribution in [2.24, 2.45) is 58.2 Å². The molecule has 8 aliphatic rings. The molecule has 0 radical (unpaired) electrons. The van der Waals surface area contributed by atoms with Crippen molar-refractivity contribution >= 4 is 88.7 Å². The minimum atomic E-state index is -4.86. The molecule has 12 rings (SSSR count). The van der Waals surface area contributed by atoms with Crippen LogP contribution < -0.4 is 28.4 Å². The Kier molecular flexibility index (Phi) is 26.3. The number of aromatic nitrogens is 2. The summed E-state index contributed by atoms with van der Waals surface area (Å²) in [6.07, 6.45) is 2.57. The number of carbonyl (C=O) groups excluding carboxylic acids is 8. The summed E-state index contributed by atoms with van der Waals surface area (Å²) in [6, 6.07) is 12.3. The number of sulfonamides is 2. The van der Waals surface area contributed by atoms with Crippen LogP contribution in [0.1, 0.15) is 199 Å². The van der Waals surface area contributed by atoms with Gasteiger partial charge in [0.25, 0.3) is 0 Å². The second kappa shape index (κ2) is 34.5. The molecule has 14 atom stereocenters. The first-order valence-electron chi connectivity index (χ1n) is 40.3. The van der Waals surface area contributed by atoms with Crippen molar-refractivity contribution in [2.45, 2.75) is 269 Å². The van der Waals surface area contributed by atoms with Gasteiger partial charge in [-0.15, -0.1) is 0 Å². The number of amides is 4. The minimum Gasteiger partial charge on any atom is -0.489 e. The molecule has 4 aliphatic carbocycles. The molecule has 4 aromatic rings. The van der Waals surface area contributed by atoms with E-state index in [0.717, 1.165) is 38.5 Å². The lowest BCUT2D eigenvalue weighted by atomic mass is 9.82. The van der Waals surface area contributed by atoms with Crippen LogP contribution in [0.15, 0.2) is 85.2 Å². The number of ketones is 2. The van der Waals surface area contributed by atoms with Gasteiger partial charge in [-0.25, -0.2) is 26.8 Å². The van der Waals surface area contributed by atoms with Gasteiger partial charge in [0, 0.05) is 47.2 Å². The highest BCUT2D eigenvalue weighted by Crippen LogP contribution is 2.59. The quantitative estimate of drug-likeness (QED) is 0.0472. The van der Waals surface area contributed by atoms with E-state index in [1.165, 1.54) is 22.2 Å². The van der Waals surface area contributed by atoms with E-state index in [0.29, 0.717) is 86.5 Å². The molecule has 4 saturated carbocycles. The fourth-order valence-corrected chi connectivity index (χ4v) is 19.4. The third kappa shape index (κ3) is 20.5. The molecule has 6 heterocycles. The average molecular weight is 1670 g/mol. The van der Waals surface area contributed by atoms with Gasteiger partial charge in [0.2, 0.25) is 66.6 Å². The molecule has 116 heavy (non-hydrogen) atoms. The molecule has 2 saturated heterocycles. The van der Waals surface area contributed by atoms with E-state index in [1.54, 1.807) is 26.0 Å². The second-order valence-electron chi connectivity index (χ2n) is 35.0. The third-order valence-electron chi connectivity index (χ3n) is 23.9. The molecular formula is C84H108F6N6O18S2. The summed E-state index contributed by atoms with van der Waals surface area (Å²) in [5.74, 6) is -8.76. The molecule has 4 amide bonds. The highest BCUT2D eigenvalue weighted by atomic mass is 32.2. The topological polar surface area (TPSA) is 317 Å². The Morgan fingerprint density at radius 1 is 0.526 bits per heavy atom. The van der Waals surface area contributed by atoms with Crippen molar-refractivity contribution in [3.8, 4) is 23.3 Å². The van der Waals surface area contributed by atoms with Crippen molar-refractivity contribution in [3.05, 3.63) is 85.2 Å². The van der Waals surface area contributed by atoms with Gasteiger partial charge in [-0.1, -0.05) is 88.4 Å². The number of carbonyl (C=O) groups is 8. The Labute approximate surface area is 673 Å². The van der Waals surface area contributed by atoms with Crippen LogP contribution >= 0.6 is 0 Å². The van der Waals surface area contributed by atoms with Crippen LogP contribution in [0.5, 0.6) is 23.3 Å². The lowest BCUT2D eigenvalue weighted by molar-refractivity contribution is -0.257. The Morgan fingerprint density at radius 2 is 0.871 bits per heavy atom. The summed E-state index contributed by atoms with van der Waals surface area (Å²) in [5.41, 5.74) is -8.35. The predicted octanol–water partition coefficient (Wildman–Crippen LogP) is 13.7. The zero-order chi connectivity index (χ0) is 84.7. The zero-order valence-corrected chi connectivity index (χ0v) is 69.3. The molecule has 24 nitrogen and oxygen atoms in total. The monoisotopic (exact) mass is 1670 g/mol.